The van der Waals surface area contributed by atoms with Gasteiger partial charge in [-0.05, 0) is 47.9 Å². The number of hydrogen-bond acceptors (Lipinski definition) is 6. The number of ether oxygens (including phenoxy) is 3. The molecule has 2 aromatic rings. The largest absolute Gasteiger partial charge is 0.497 e. The lowest BCUT2D eigenvalue weighted by Gasteiger charge is -2.32. The number of hydrogen-bond donors (Lipinski definition) is 0. The number of allylic oxidation sites excluding steroid dienone is 1. The Morgan fingerprint density at radius 1 is 1.00 bits per heavy atom. The van der Waals surface area contributed by atoms with E-state index < -0.39 is 23.2 Å². The summed E-state index contributed by atoms with van der Waals surface area (Å²) in [6.07, 6.45) is 1.71. The number of benzene rings is 2. The third-order valence-electron chi connectivity index (χ3n) is 5.58. The maximum Gasteiger partial charge on any atom is 0.331 e. The molecule has 0 saturated carbocycles. The molecule has 1 aliphatic rings. The van der Waals surface area contributed by atoms with Gasteiger partial charge in [0.1, 0.15) is 17.3 Å². The standard InChI is InChI=1S/C24H23NO5/c1-15(26)20-13-21(16-7-5-9-18(11-16)28-2)24(14-25,23(27)30-4)22(20)17-8-6-10-19(12-17)29-3/h5-13,20,22H,1-4H3/t20-,22-,24-/m0/s1. The van der Waals surface area contributed by atoms with E-state index in [1.807, 2.05) is 0 Å². The summed E-state index contributed by atoms with van der Waals surface area (Å²) >= 11 is 0. The molecule has 3 rings (SSSR count). The summed E-state index contributed by atoms with van der Waals surface area (Å²) in [4.78, 5) is 25.8. The van der Waals surface area contributed by atoms with Crippen molar-refractivity contribution in [2.75, 3.05) is 21.3 Å². The van der Waals surface area contributed by atoms with Gasteiger partial charge in [0.15, 0.2) is 5.41 Å². The van der Waals surface area contributed by atoms with Crippen molar-refractivity contribution in [3.8, 4) is 17.6 Å². The van der Waals surface area contributed by atoms with Gasteiger partial charge in [-0.3, -0.25) is 4.79 Å². The Balaban J connectivity index is 2.31. The molecule has 1 aliphatic carbocycles. The number of Topliss-reactive ketones (excluding diaryl/α,β-unsaturated/α-hetero) is 1. The van der Waals surface area contributed by atoms with Gasteiger partial charge in [-0.2, -0.15) is 5.26 Å². The van der Waals surface area contributed by atoms with Gasteiger partial charge in [0.2, 0.25) is 0 Å². The summed E-state index contributed by atoms with van der Waals surface area (Å²) in [5.41, 5.74) is 0.00134. The zero-order valence-electron chi connectivity index (χ0n) is 17.3. The molecule has 30 heavy (non-hydrogen) atoms. The predicted octanol–water partition coefficient (Wildman–Crippen LogP) is 3.77. The number of nitrogens with zero attached hydrogens (tertiary/aromatic N) is 1. The third kappa shape index (κ3) is 3.33. The van der Waals surface area contributed by atoms with Crippen molar-refractivity contribution in [2.24, 2.45) is 11.3 Å². The Kier molecular flexibility index (Phi) is 5.93. The Bertz CT molecular complexity index is 1050. The molecule has 2 aromatic carbocycles. The summed E-state index contributed by atoms with van der Waals surface area (Å²) < 4.78 is 15.7. The second-order valence-corrected chi connectivity index (χ2v) is 7.11. The fourth-order valence-corrected chi connectivity index (χ4v) is 4.18. The van der Waals surface area contributed by atoms with Gasteiger partial charge in [0.05, 0.1) is 27.4 Å². The first-order chi connectivity index (χ1) is 14.4. The van der Waals surface area contributed by atoms with E-state index >= 15 is 0 Å². The highest BCUT2D eigenvalue weighted by atomic mass is 16.5. The molecule has 0 heterocycles. The Labute approximate surface area is 175 Å². The van der Waals surface area contributed by atoms with E-state index in [4.69, 9.17) is 14.2 Å². The first kappa shape index (κ1) is 21.1. The highest BCUT2D eigenvalue weighted by Gasteiger charge is 2.59. The number of ketones is 1. The van der Waals surface area contributed by atoms with Gasteiger partial charge in [-0.1, -0.05) is 30.3 Å². The van der Waals surface area contributed by atoms with E-state index in [1.54, 1.807) is 54.6 Å². The molecule has 0 saturated heterocycles. The van der Waals surface area contributed by atoms with Gasteiger partial charge >= 0.3 is 5.97 Å². The van der Waals surface area contributed by atoms with Crippen LogP contribution in [0.1, 0.15) is 24.0 Å². The average Bonchev–Trinajstić information content (AvgIpc) is 3.15. The van der Waals surface area contributed by atoms with Crippen LogP contribution >= 0.6 is 0 Å². The van der Waals surface area contributed by atoms with E-state index in [0.717, 1.165) is 0 Å². The molecular formula is C24H23NO5. The average molecular weight is 405 g/mol. The topological polar surface area (TPSA) is 85.6 Å². The van der Waals surface area contributed by atoms with Crippen LogP contribution in [0, 0.1) is 22.7 Å². The van der Waals surface area contributed by atoms with Gasteiger partial charge in [-0.25, -0.2) is 4.79 Å². The molecule has 0 radical (unpaired) electrons. The SMILES string of the molecule is COC(=O)[C@@]1(C#N)C(c2cccc(OC)c2)=C[C@@H](C(C)=O)[C@@H]1c1cccc(OC)c1. The first-order valence-corrected chi connectivity index (χ1v) is 9.43. The predicted molar refractivity (Wildman–Crippen MR) is 111 cm³/mol. The molecular weight excluding hydrogens is 382 g/mol. The monoisotopic (exact) mass is 405 g/mol. The molecule has 3 atom stereocenters. The van der Waals surface area contributed by atoms with Gasteiger partial charge in [0, 0.05) is 11.8 Å². The summed E-state index contributed by atoms with van der Waals surface area (Å²) in [6, 6.07) is 16.4. The minimum absolute atomic E-state index is 0.149. The minimum atomic E-state index is -1.70. The van der Waals surface area contributed by atoms with Gasteiger partial charge < -0.3 is 14.2 Å². The number of rotatable bonds is 6. The molecule has 0 amide bonds. The van der Waals surface area contributed by atoms with Gasteiger partial charge in [-0.15, -0.1) is 0 Å². The molecule has 154 valence electrons. The van der Waals surface area contributed by atoms with Crippen LogP contribution in [0.25, 0.3) is 5.57 Å². The van der Waals surface area contributed by atoms with Crippen LogP contribution in [0.5, 0.6) is 11.5 Å². The molecule has 0 N–H and O–H groups in total. The Morgan fingerprint density at radius 2 is 1.63 bits per heavy atom. The highest BCUT2D eigenvalue weighted by molar-refractivity contribution is 6.03. The van der Waals surface area contributed by atoms with Crippen molar-refractivity contribution in [1.29, 1.82) is 5.26 Å². The van der Waals surface area contributed by atoms with E-state index in [0.29, 0.717) is 28.2 Å². The van der Waals surface area contributed by atoms with E-state index in [2.05, 4.69) is 6.07 Å². The summed E-state index contributed by atoms with van der Waals surface area (Å²) in [6.45, 7) is 1.46. The summed E-state index contributed by atoms with van der Waals surface area (Å²) in [7, 11) is 4.32. The molecule has 0 fully saturated rings. The van der Waals surface area contributed by atoms with Crippen molar-refractivity contribution < 1.29 is 23.8 Å². The lowest BCUT2D eigenvalue weighted by atomic mass is 9.67. The Hall–Kier alpha value is -3.59. The fraction of sp³-hybridized carbons (Fsp3) is 0.292. The van der Waals surface area contributed by atoms with Crippen LogP contribution in [0.2, 0.25) is 0 Å². The van der Waals surface area contributed by atoms with Crippen LogP contribution < -0.4 is 9.47 Å². The quantitative estimate of drug-likeness (QED) is 0.680. The van der Waals surface area contributed by atoms with Crippen LogP contribution in [0.3, 0.4) is 0 Å². The van der Waals surface area contributed by atoms with Crippen molar-refractivity contribution in [2.45, 2.75) is 12.8 Å². The number of carbonyl (C=O) groups excluding carboxylic acids is 2. The van der Waals surface area contributed by atoms with E-state index in [1.165, 1.54) is 28.3 Å². The summed E-state index contributed by atoms with van der Waals surface area (Å²) in [5.74, 6) is -1.16. The molecule has 0 bridgehead atoms. The number of carbonyl (C=O) groups is 2. The van der Waals surface area contributed by atoms with Gasteiger partial charge in [0.25, 0.3) is 0 Å². The first-order valence-electron chi connectivity index (χ1n) is 9.43. The molecule has 6 nitrogen and oxygen atoms in total. The van der Waals surface area contributed by atoms with Crippen LogP contribution in [-0.2, 0) is 14.3 Å². The second-order valence-electron chi connectivity index (χ2n) is 7.11. The van der Waals surface area contributed by atoms with E-state index in [-0.39, 0.29) is 5.78 Å². The van der Waals surface area contributed by atoms with Crippen LogP contribution in [-0.4, -0.2) is 33.1 Å². The maximum absolute atomic E-state index is 13.2. The lowest BCUT2D eigenvalue weighted by molar-refractivity contribution is -0.147. The molecule has 0 aromatic heterocycles. The fourth-order valence-electron chi connectivity index (χ4n) is 4.18. The van der Waals surface area contributed by atoms with Crippen molar-refractivity contribution in [3.63, 3.8) is 0 Å². The highest BCUT2D eigenvalue weighted by Crippen LogP contribution is 2.57. The zero-order chi connectivity index (χ0) is 21.9. The zero-order valence-corrected chi connectivity index (χ0v) is 17.3. The van der Waals surface area contributed by atoms with Crippen LogP contribution in [0.4, 0.5) is 0 Å². The molecule has 0 spiro atoms. The summed E-state index contributed by atoms with van der Waals surface area (Å²) in [5, 5.41) is 10.4. The van der Waals surface area contributed by atoms with Crippen molar-refractivity contribution in [1.82, 2.24) is 0 Å². The third-order valence-corrected chi connectivity index (χ3v) is 5.58. The smallest absolute Gasteiger partial charge is 0.331 e. The number of nitriles is 1. The van der Waals surface area contributed by atoms with E-state index in [9.17, 15) is 14.9 Å². The number of esters is 1. The molecule has 0 unspecified atom stereocenters. The molecule has 6 heteroatoms. The minimum Gasteiger partial charge on any atom is -0.497 e. The Morgan fingerprint density at radius 3 is 2.20 bits per heavy atom. The van der Waals surface area contributed by atoms with Crippen LogP contribution in [0.15, 0.2) is 54.6 Å². The lowest BCUT2D eigenvalue weighted by Crippen LogP contribution is -2.38. The van der Waals surface area contributed by atoms with Crippen molar-refractivity contribution in [3.05, 3.63) is 65.7 Å². The van der Waals surface area contributed by atoms with Crippen molar-refractivity contribution >= 4 is 17.3 Å². The maximum atomic E-state index is 13.2. The number of methoxy groups -OCH3 is 3. The molecule has 0 aliphatic heterocycles. The normalized spacial score (nSPS) is 22.6. The second kappa shape index (κ2) is 8.42.